The van der Waals surface area contributed by atoms with Crippen LogP contribution in [0.2, 0.25) is 0 Å². The van der Waals surface area contributed by atoms with Crippen LogP contribution in [-0.2, 0) is 21.4 Å². The van der Waals surface area contributed by atoms with Crippen LogP contribution in [0.1, 0.15) is 11.8 Å². The highest BCUT2D eigenvalue weighted by Gasteiger charge is 2.28. The van der Waals surface area contributed by atoms with Gasteiger partial charge in [-0.25, -0.2) is 8.42 Å². The topological polar surface area (TPSA) is 78.9 Å². The molecule has 0 radical (unpaired) electrons. The average Bonchev–Trinajstić information content (AvgIpc) is 3.21. The second-order valence-electron chi connectivity index (χ2n) is 6.70. The second kappa shape index (κ2) is 9.04. The van der Waals surface area contributed by atoms with Gasteiger partial charge in [-0.1, -0.05) is 6.07 Å². The number of amides is 1. The van der Waals surface area contributed by atoms with Crippen molar-refractivity contribution in [3.8, 4) is 5.75 Å². The zero-order valence-electron chi connectivity index (χ0n) is 16.0. The number of thiophene rings is 1. The number of carbonyl (C=O) groups excluding carboxylic acids is 1. The minimum atomic E-state index is -3.78. The van der Waals surface area contributed by atoms with E-state index in [0.29, 0.717) is 18.8 Å². The van der Waals surface area contributed by atoms with E-state index in [1.165, 1.54) is 24.1 Å². The van der Waals surface area contributed by atoms with Crippen molar-refractivity contribution < 1.29 is 17.9 Å². The molecule has 2 aromatic rings. The molecule has 2 heterocycles. The monoisotopic (exact) mass is 423 g/mol. The first-order valence-corrected chi connectivity index (χ1v) is 11.5. The van der Waals surface area contributed by atoms with E-state index in [0.717, 1.165) is 19.6 Å². The van der Waals surface area contributed by atoms with E-state index < -0.39 is 16.1 Å². The van der Waals surface area contributed by atoms with Gasteiger partial charge in [0.05, 0.1) is 18.0 Å². The van der Waals surface area contributed by atoms with Crippen molar-refractivity contribution in [3.05, 3.63) is 46.7 Å². The zero-order chi connectivity index (χ0) is 20.1. The first-order chi connectivity index (χ1) is 13.4. The van der Waals surface area contributed by atoms with Gasteiger partial charge < -0.3 is 9.64 Å². The fourth-order valence-corrected chi connectivity index (χ4v) is 5.07. The van der Waals surface area contributed by atoms with Crippen molar-refractivity contribution in [3.63, 3.8) is 0 Å². The van der Waals surface area contributed by atoms with Crippen LogP contribution in [0.15, 0.2) is 46.7 Å². The number of rotatable bonds is 7. The third-order valence-corrected chi connectivity index (χ3v) is 7.13. The van der Waals surface area contributed by atoms with Crippen LogP contribution in [-0.4, -0.2) is 63.5 Å². The van der Waals surface area contributed by atoms with Gasteiger partial charge in [0.2, 0.25) is 15.9 Å². The molecule has 1 amide bonds. The van der Waals surface area contributed by atoms with Crippen LogP contribution in [0, 0.1) is 0 Å². The van der Waals surface area contributed by atoms with Gasteiger partial charge in [-0.05, 0) is 42.6 Å². The fourth-order valence-electron chi connectivity index (χ4n) is 3.13. The lowest BCUT2D eigenvalue weighted by Crippen LogP contribution is -2.53. The third-order valence-electron chi connectivity index (χ3n) is 4.72. The molecule has 1 saturated heterocycles. The normalized spacial score (nSPS) is 16.7. The van der Waals surface area contributed by atoms with E-state index in [2.05, 4.69) is 21.1 Å². The van der Waals surface area contributed by atoms with Crippen LogP contribution >= 0.6 is 11.3 Å². The minimum absolute atomic E-state index is 0.105. The maximum atomic E-state index is 12.7. The Morgan fingerprint density at radius 1 is 1.18 bits per heavy atom. The van der Waals surface area contributed by atoms with E-state index in [4.69, 9.17) is 4.74 Å². The summed E-state index contributed by atoms with van der Waals surface area (Å²) in [6, 6.07) is 9.40. The molecule has 1 aliphatic rings. The van der Waals surface area contributed by atoms with Gasteiger partial charge in [-0.15, -0.1) is 11.3 Å². The minimum Gasteiger partial charge on any atom is -0.497 e. The SMILES string of the molecule is COc1ccc(S(=O)(=O)N[C@@H](C)C(=O)N2CCN(Cc3cccs3)CC2)cc1. The number of hydrogen-bond donors (Lipinski definition) is 1. The number of carbonyl (C=O) groups is 1. The van der Waals surface area contributed by atoms with Crippen LogP contribution in [0.4, 0.5) is 0 Å². The number of sulfonamides is 1. The summed E-state index contributed by atoms with van der Waals surface area (Å²) in [7, 11) is -2.26. The van der Waals surface area contributed by atoms with Crippen molar-refractivity contribution in [2.75, 3.05) is 33.3 Å². The lowest BCUT2D eigenvalue weighted by Gasteiger charge is -2.35. The fraction of sp³-hybridized carbons (Fsp3) is 0.421. The van der Waals surface area contributed by atoms with Gasteiger partial charge >= 0.3 is 0 Å². The summed E-state index contributed by atoms with van der Waals surface area (Å²) < 4.78 is 32.6. The second-order valence-corrected chi connectivity index (χ2v) is 9.45. The Morgan fingerprint density at radius 3 is 2.43 bits per heavy atom. The Labute approximate surface area is 170 Å². The Bertz CT molecular complexity index is 874. The average molecular weight is 424 g/mol. The molecule has 28 heavy (non-hydrogen) atoms. The van der Waals surface area contributed by atoms with Gasteiger partial charge in [-0.3, -0.25) is 9.69 Å². The molecular formula is C19H25N3O4S2. The molecule has 0 spiro atoms. The Kier molecular flexibility index (Phi) is 6.71. The number of nitrogens with one attached hydrogen (secondary N) is 1. The zero-order valence-corrected chi connectivity index (χ0v) is 17.6. The lowest BCUT2D eigenvalue weighted by molar-refractivity contribution is -0.134. The Morgan fingerprint density at radius 2 is 1.86 bits per heavy atom. The molecule has 1 aromatic heterocycles. The van der Waals surface area contributed by atoms with E-state index in [9.17, 15) is 13.2 Å². The van der Waals surface area contributed by atoms with Crippen molar-refractivity contribution >= 4 is 27.3 Å². The first kappa shape index (κ1) is 20.8. The molecule has 3 rings (SSSR count). The van der Waals surface area contributed by atoms with E-state index in [1.807, 2.05) is 6.07 Å². The van der Waals surface area contributed by atoms with Gasteiger partial charge in [0.15, 0.2) is 0 Å². The predicted octanol–water partition coefficient (Wildman–Crippen LogP) is 1.77. The number of hydrogen-bond acceptors (Lipinski definition) is 6. The largest absolute Gasteiger partial charge is 0.497 e. The molecule has 9 heteroatoms. The van der Waals surface area contributed by atoms with E-state index in [-0.39, 0.29) is 10.8 Å². The van der Waals surface area contributed by atoms with Crippen LogP contribution in [0.5, 0.6) is 5.75 Å². The van der Waals surface area contributed by atoms with Gasteiger partial charge in [0.1, 0.15) is 5.75 Å². The lowest BCUT2D eigenvalue weighted by atomic mass is 10.2. The smallest absolute Gasteiger partial charge is 0.241 e. The molecule has 1 aromatic carbocycles. The van der Waals surface area contributed by atoms with Crippen molar-refractivity contribution in [1.82, 2.24) is 14.5 Å². The van der Waals surface area contributed by atoms with Gasteiger partial charge in [0.25, 0.3) is 0 Å². The summed E-state index contributed by atoms with van der Waals surface area (Å²) in [5, 5.41) is 2.06. The van der Waals surface area contributed by atoms with Crippen LogP contribution in [0.3, 0.4) is 0 Å². The van der Waals surface area contributed by atoms with Crippen LogP contribution in [0.25, 0.3) is 0 Å². The quantitative estimate of drug-likeness (QED) is 0.734. The molecule has 1 aliphatic heterocycles. The summed E-state index contributed by atoms with van der Waals surface area (Å²) in [6.45, 7) is 5.22. The molecule has 0 aliphatic carbocycles. The summed E-state index contributed by atoms with van der Waals surface area (Å²) in [5.41, 5.74) is 0. The highest BCUT2D eigenvalue weighted by molar-refractivity contribution is 7.89. The predicted molar refractivity (Wildman–Crippen MR) is 109 cm³/mol. The van der Waals surface area contributed by atoms with Crippen molar-refractivity contribution in [2.24, 2.45) is 0 Å². The first-order valence-electron chi connectivity index (χ1n) is 9.09. The third kappa shape index (κ3) is 5.11. The van der Waals surface area contributed by atoms with Gasteiger partial charge in [0, 0.05) is 37.6 Å². The van der Waals surface area contributed by atoms with Gasteiger partial charge in [-0.2, -0.15) is 4.72 Å². The molecule has 1 atom stereocenters. The molecule has 0 saturated carbocycles. The summed E-state index contributed by atoms with van der Waals surface area (Å²) in [4.78, 5) is 18.1. The number of ether oxygens (including phenoxy) is 1. The summed E-state index contributed by atoms with van der Waals surface area (Å²) >= 11 is 1.73. The molecule has 0 bridgehead atoms. The number of nitrogens with zero attached hydrogens (tertiary/aromatic N) is 2. The molecule has 152 valence electrons. The number of benzene rings is 1. The van der Waals surface area contributed by atoms with E-state index in [1.54, 1.807) is 35.3 Å². The molecule has 7 nitrogen and oxygen atoms in total. The molecule has 0 unspecified atom stereocenters. The summed E-state index contributed by atoms with van der Waals surface area (Å²) in [5.74, 6) is 0.372. The maximum absolute atomic E-state index is 12.7. The Balaban J connectivity index is 1.54. The highest BCUT2D eigenvalue weighted by Crippen LogP contribution is 2.17. The molecule has 1 N–H and O–H groups in total. The van der Waals surface area contributed by atoms with Crippen LogP contribution < -0.4 is 9.46 Å². The molecular weight excluding hydrogens is 398 g/mol. The maximum Gasteiger partial charge on any atom is 0.241 e. The highest BCUT2D eigenvalue weighted by atomic mass is 32.2. The Hall–Kier alpha value is -1.94. The molecule has 1 fully saturated rings. The summed E-state index contributed by atoms with van der Waals surface area (Å²) in [6.07, 6.45) is 0. The number of piperazine rings is 1. The van der Waals surface area contributed by atoms with Crippen molar-refractivity contribution in [1.29, 1.82) is 0 Å². The van der Waals surface area contributed by atoms with Crippen molar-refractivity contribution in [2.45, 2.75) is 24.4 Å². The standard InChI is InChI=1S/C19H25N3O4S2/c1-15(20-28(24,25)18-7-5-16(26-2)6-8-18)19(23)22-11-9-21(10-12-22)14-17-4-3-13-27-17/h3-8,13,15,20H,9-12,14H2,1-2H3/t15-/m0/s1. The number of methoxy groups -OCH3 is 1. The van der Waals surface area contributed by atoms with E-state index >= 15 is 0 Å².